The summed E-state index contributed by atoms with van der Waals surface area (Å²) in [6.45, 7) is 16.4. The van der Waals surface area contributed by atoms with Crippen LogP contribution in [-0.4, -0.2) is 57.5 Å². The van der Waals surface area contributed by atoms with Crippen LogP contribution in [0.3, 0.4) is 0 Å². The maximum atomic E-state index is 7.12. The highest BCUT2D eigenvalue weighted by Gasteiger charge is 2.81. The third kappa shape index (κ3) is 5.47. The molecule has 0 aliphatic heterocycles. The van der Waals surface area contributed by atoms with E-state index in [-0.39, 0.29) is 24.2 Å². The van der Waals surface area contributed by atoms with E-state index >= 15 is 0 Å². The van der Waals surface area contributed by atoms with E-state index in [0.29, 0.717) is 0 Å². The van der Waals surface area contributed by atoms with Crippen LogP contribution < -0.4 is 0 Å². The lowest BCUT2D eigenvalue weighted by Crippen LogP contribution is -2.91. The average Bonchev–Trinajstić information content (AvgIpc) is 2.32. The Hall–Kier alpha value is 3.11. The molecule has 0 saturated heterocycles. The quantitative estimate of drug-likeness (QED) is 0.207. The Bertz CT molecular complexity index is 429. The minimum absolute atomic E-state index is 0.0236. The van der Waals surface area contributed by atoms with Gasteiger partial charge in [0.05, 0.1) is 0 Å². The van der Waals surface area contributed by atoms with Crippen LogP contribution in [-0.2, 0) is 0 Å². The van der Waals surface area contributed by atoms with Gasteiger partial charge in [-0.05, 0) is 24.2 Å². The molecule has 0 saturated carbocycles. The minimum Gasteiger partial charge on any atom is -0.307 e. The van der Waals surface area contributed by atoms with Crippen LogP contribution in [0.2, 0.25) is 0 Å². The topological polar surface area (TPSA) is 6.48 Å². The monoisotopic (exact) mass is 592 g/mol. The largest absolute Gasteiger partial charge is 0.358 e. The molecule has 0 spiro atoms. The molecule has 2 nitrogen and oxygen atoms in total. The number of hydrogen-bond acceptors (Lipinski definition) is 2. The van der Waals surface area contributed by atoms with Gasteiger partial charge in [0.15, 0.2) is 0 Å². The second kappa shape index (κ2) is 10.2. The van der Waals surface area contributed by atoms with Crippen molar-refractivity contribution in [1.29, 1.82) is 0 Å². The Morgan fingerprint density at radius 3 is 0.808 bits per heavy atom. The molecule has 0 aromatic carbocycles. The van der Waals surface area contributed by atoms with Gasteiger partial charge in [0.2, 0.25) is 0 Å². The molecule has 0 amide bonds. The molecule has 0 aliphatic carbocycles. The highest BCUT2D eigenvalue weighted by Crippen LogP contribution is 2.54. The normalized spacial score (nSPS) is 15.5. The summed E-state index contributed by atoms with van der Waals surface area (Å²) >= 11 is 54.4. The zero-order valence-corrected chi connectivity index (χ0v) is 26.3. The molecule has 14 heteroatoms. The van der Waals surface area contributed by atoms with Gasteiger partial charge in [-0.25, -0.2) is 0 Å². The first-order valence-corrected chi connectivity index (χ1v) is 27.3. The zero-order valence-electron chi connectivity index (χ0n) is 16.2. The van der Waals surface area contributed by atoms with Crippen molar-refractivity contribution >= 4 is 113 Å². The number of halogens is 8. The fourth-order valence-corrected chi connectivity index (χ4v) is 99.7. The van der Waals surface area contributed by atoms with Gasteiger partial charge >= 0.3 is 16.8 Å². The molecule has 0 rings (SSSR count). The Morgan fingerprint density at radius 1 is 0.462 bits per heavy atom. The van der Waals surface area contributed by atoms with Crippen LogP contribution in [0.25, 0.3) is 0 Å². The number of hydrogen-bond donors (Lipinski definition) is 0. The van der Waals surface area contributed by atoms with Crippen molar-refractivity contribution in [3.8, 4) is 0 Å². The van der Waals surface area contributed by atoms with E-state index in [9.17, 15) is 0 Å². The van der Waals surface area contributed by atoms with Crippen molar-refractivity contribution in [2.75, 3.05) is 0 Å². The fourth-order valence-electron chi connectivity index (χ4n) is 3.81. The molecule has 26 heavy (non-hydrogen) atoms. The van der Waals surface area contributed by atoms with Crippen molar-refractivity contribution in [1.82, 2.24) is 9.13 Å². The molecule has 0 heterocycles. The van der Waals surface area contributed by atoms with Crippen LogP contribution >= 0.6 is 88.6 Å². The van der Waals surface area contributed by atoms with E-state index in [4.69, 9.17) is 88.6 Å². The second-order valence-electron chi connectivity index (χ2n) is 7.43. The van der Waals surface area contributed by atoms with E-state index in [1.807, 2.05) is 55.4 Å². The van der Waals surface area contributed by atoms with Gasteiger partial charge in [-0.15, -0.1) is 88.6 Å². The SMILES string of the molecule is CC(C)N(C(C)C)[Si](N(C(C)C)C(C)C)([Si](Cl)(Cl)Cl)[Si](Cl)(Cl)[Si](Cl)(Cl)Cl. The third-order valence-corrected chi connectivity index (χ3v) is 77.1. The summed E-state index contributed by atoms with van der Waals surface area (Å²) in [5.41, 5.74) is -10.8. The van der Waals surface area contributed by atoms with Crippen LogP contribution in [0.15, 0.2) is 0 Å². The molecular formula is C12H28Cl8N2Si4. The maximum Gasteiger partial charge on any atom is 0.358 e. The minimum atomic E-state index is -3.66. The molecule has 0 radical (unpaired) electrons. The lowest BCUT2D eigenvalue weighted by molar-refractivity contribution is 0.225. The van der Waals surface area contributed by atoms with E-state index in [0.717, 1.165) is 0 Å². The third-order valence-electron chi connectivity index (χ3n) is 4.16. The molecule has 0 aromatic rings. The predicted molar refractivity (Wildman–Crippen MR) is 134 cm³/mol. The number of rotatable bonds is 9. The molecule has 0 N–H and O–H groups in total. The molecule has 0 atom stereocenters. The van der Waals surface area contributed by atoms with Gasteiger partial charge in [0, 0.05) is 0 Å². The van der Waals surface area contributed by atoms with E-state index in [1.54, 1.807) is 0 Å². The zero-order chi connectivity index (χ0) is 21.5. The lowest BCUT2D eigenvalue weighted by atomic mass is 10.3. The Balaban J connectivity index is 7.43. The van der Waals surface area contributed by atoms with Crippen molar-refractivity contribution < 1.29 is 0 Å². The highest BCUT2D eigenvalue weighted by molar-refractivity contribution is 8.22. The predicted octanol–water partition coefficient (Wildman–Crippen LogP) is 7.13. The van der Waals surface area contributed by atoms with E-state index in [1.165, 1.54) is 0 Å². The van der Waals surface area contributed by atoms with Crippen LogP contribution in [0.1, 0.15) is 55.4 Å². The summed E-state index contributed by atoms with van der Waals surface area (Å²) in [6.07, 6.45) is 0. The number of nitrogens with zero attached hydrogens (tertiary/aromatic N) is 2. The lowest BCUT2D eigenvalue weighted by Gasteiger charge is -2.61. The van der Waals surface area contributed by atoms with Gasteiger partial charge in [0.25, 0.3) is 7.43 Å². The van der Waals surface area contributed by atoms with Crippen LogP contribution in [0, 0.1) is 0 Å². The summed E-state index contributed by atoms with van der Waals surface area (Å²) in [5, 5.41) is 0. The summed E-state index contributed by atoms with van der Waals surface area (Å²) in [5.74, 6) is 0. The van der Waals surface area contributed by atoms with Crippen LogP contribution in [0.5, 0.6) is 0 Å². The first kappa shape index (κ1) is 29.1. The molecular weight excluding hydrogens is 568 g/mol. The molecule has 0 fully saturated rings. The van der Waals surface area contributed by atoms with E-state index in [2.05, 4.69) is 9.13 Å². The summed E-state index contributed by atoms with van der Waals surface area (Å²) < 4.78 is 4.40. The van der Waals surface area contributed by atoms with E-state index < -0.39 is 24.2 Å². The molecule has 158 valence electrons. The summed E-state index contributed by atoms with van der Waals surface area (Å²) in [4.78, 5) is 0. The van der Waals surface area contributed by atoms with Gasteiger partial charge < -0.3 is 9.13 Å². The van der Waals surface area contributed by atoms with Gasteiger partial charge in [-0.3, -0.25) is 0 Å². The van der Waals surface area contributed by atoms with Gasteiger partial charge in [-0.1, -0.05) is 55.4 Å². The van der Waals surface area contributed by atoms with Crippen molar-refractivity contribution in [2.45, 2.75) is 79.6 Å². The van der Waals surface area contributed by atoms with Crippen LogP contribution in [0.4, 0.5) is 0 Å². The summed E-state index contributed by atoms with van der Waals surface area (Å²) in [7, 11) is -3.43. The summed E-state index contributed by atoms with van der Waals surface area (Å²) in [6, 6.07) is 0.0945. The first-order valence-electron chi connectivity index (χ1n) is 8.36. The molecule has 0 unspecified atom stereocenters. The first-order chi connectivity index (χ1) is 11.3. The van der Waals surface area contributed by atoms with Gasteiger partial charge in [0.1, 0.15) is 0 Å². The molecule has 0 aromatic heterocycles. The Morgan fingerprint density at radius 2 is 0.692 bits per heavy atom. The Labute approximate surface area is 199 Å². The van der Waals surface area contributed by atoms with Crippen molar-refractivity contribution in [3.63, 3.8) is 0 Å². The second-order valence-corrected chi connectivity index (χ2v) is 56.3. The van der Waals surface area contributed by atoms with Crippen molar-refractivity contribution in [3.05, 3.63) is 0 Å². The maximum absolute atomic E-state index is 7.12. The smallest absolute Gasteiger partial charge is 0.307 e. The Kier molecular flexibility index (Phi) is 11.4. The highest BCUT2D eigenvalue weighted by atomic mass is 35.9. The fraction of sp³-hybridized carbons (Fsp3) is 1.00. The molecule has 0 aliphatic rings. The standard InChI is InChI=1S/C12H28Cl8N2Si4/c1-9(2)21(10(3)4)26(24(16,17)18,22(11(5)6)12(7)8)25(19,20)23(13,14)15/h9-12H,1-8H3. The molecule has 0 bridgehead atoms. The van der Waals surface area contributed by atoms with Crippen molar-refractivity contribution in [2.24, 2.45) is 0 Å². The average molecular weight is 596 g/mol. The van der Waals surface area contributed by atoms with Gasteiger partial charge in [-0.2, -0.15) is 0 Å².